The van der Waals surface area contributed by atoms with Crippen molar-refractivity contribution in [3.63, 3.8) is 0 Å². The summed E-state index contributed by atoms with van der Waals surface area (Å²) >= 11 is 0. The normalized spacial score (nSPS) is 18.1. The molecule has 0 unspecified atom stereocenters. The average Bonchev–Trinajstić information content (AvgIpc) is 2.63. The SMILES string of the molecule is CC1(CNCc2occc2C(=O)O)CCC1. The van der Waals surface area contributed by atoms with Crippen LogP contribution in [-0.2, 0) is 6.54 Å². The molecular formula is C12H17NO3. The van der Waals surface area contributed by atoms with Crippen molar-refractivity contribution >= 4 is 5.97 Å². The third kappa shape index (κ3) is 2.27. The number of carbonyl (C=O) groups is 1. The molecule has 1 fully saturated rings. The van der Waals surface area contributed by atoms with E-state index in [1.54, 1.807) is 0 Å². The highest BCUT2D eigenvalue weighted by molar-refractivity contribution is 5.88. The maximum atomic E-state index is 10.8. The Morgan fingerprint density at radius 1 is 1.62 bits per heavy atom. The van der Waals surface area contributed by atoms with Crippen LogP contribution in [0.3, 0.4) is 0 Å². The van der Waals surface area contributed by atoms with E-state index >= 15 is 0 Å². The molecule has 0 bridgehead atoms. The van der Waals surface area contributed by atoms with Gasteiger partial charge in [-0.1, -0.05) is 13.3 Å². The summed E-state index contributed by atoms with van der Waals surface area (Å²) in [5, 5.41) is 12.2. The summed E-state index contributed by atoms with van der Waals surface area (Å²) in [4.78, 5) is 10.8. The van der Waals surface area contributed by atoms with E-state index < -0.39 is 5.97 Å². The van der Waals surface area contributed by atoms with Crippen LogP contribution in [0.15, 0.2) is 16.7 Å². The molecule has 2 rings (SSSR count). The number of hydrogen-bond donors (Lipinski definition) is 2. The van der Waals surface area contributed by atoms with Crippen LogP contribution in [0.5, 0.6) is 0 Å². The van der Waals surface area contributed by atoms with E-state index in [0.717, 1.165) is 6.54 Å². The van der Waals surface area contributed by atoms with Crippen LogP contribution in [0.4, 0.5) is 0 Å². The Labute approximate surface area is 94.6 Å². The van der Waals surface area contributed by atoms with Crippen molar-refractivity contribution < 1.29 is 14.3 Å². The average molecular weight is 223 g/mol. The molecule has 0 saturated heterocycles. The molecule has 88 valence electrons. The largest absolute Gasteiger partial charge is 0.478 e. The van der Waals surface area contributed by atoms with Crippen molar-refractivity contribution in [3.05, 3.63) is 23.7 Å². The Morgan fingerprint density at radius 3 is 2.94 bits per heavy atom. The second-order valence-electron chi connectivity index (χ2n) is 4.83. The topological polar surface area (TPSA) is 62.5 Å². The van der Waals surface area contributed by atoms with Crippen molar-refractivity contribution in [2.75, 3.05) is 6.54 Å². The van der Waals surface area contributed by atoms with Crippen molar-refractivity contribution in [1.29, 1.82) is 0 Å². The van der Waals surface area contributed by atoms with E-state index in [-0.39, 0.29) is 5.56 Å². The van der Waals surface area contributed by atoms with Crippen molar-refractivity contribution in [2.45, 2.75) is 32.7 Å². The van der Waals surface area contributed by atoms with Gasteiger partial charge in [0.1, 0.15) is 11.3 Å². The summed E-state index contributed by atoms with van der Waals surface area (Å²) in [6.07, 6.45) is 5.23. The second-order valence-corrected chi connectivity index (χ2v) is 4.83. The lowest BCUT2D eigenvalue weighted by Crippen LogP contribution is -2.37. The number of carboxylic acid groups (broad SMARTS) is 1. The van der Waals surface area contributed by atoms with E-state index in [0.29, 0.717) is 17.7 Å². The fourth-order valence-electron chi connectivity index (χ4n) is 2.10. The molecule has 1 saturated carbocycles. The first-order valence-electron chi connectivity index (χ1n) is 5.61. The molecule has 1 heterocycles. The van der Waals surface area contributed by atoms with Crippen LogP contribution in [0.2, 0.25) is 0 Å². The van der Waals surface area contributed by atoms with Crippen LogP contribution < -0.4 is 5.32 Å². The number of furan rings is 1. The first-order valence-corrected chi connectivity index (χ1v) is 5.61. The molecule has 0 radical (unpaired) electrons. The van der Waals surface area contributed by atoms with Crippen LogP contribution in [0.25, 0.3) is 0 Å². The lowest BCUT2D eigenvalue weighted by Gasteiger charge is -2.38. The lowest BCUT2D eigenvalue weighted by molar-refractivity contribution is 0.0694. The standard InChI is InChI=1S/C12H17NO3/c1-12(4-2-5-12)8-13-7-10-9(11(14)15)3-6-16-10/h3,6,13H,2,4-5,7-8H2,1H3,(H,14,15). The quantitative estimate of drug-likeness (QED) is 0.803. The Kier molecular flexibility index (Phi) is 3.01. The van der Waals surface area contributed by atoms with Gasteiger partial charge in [0.05, 0.1) is 12.8 Å². The van der Waals surface area contributed by atoms with E-state index in [9.17, 15) is 4.79 Å². The van der Waals surface area contributed by atoms with Gasteiger partial charge in [-0.25, -0.2) is 4.79 Å². The third-order valence-electron chi connectivity index (χ3n) is 3.37. The molecule has 1 aromatic heterocycles. The van der Waals surface area contributed by atoms with Gasteiger partial charge in [0.15, 0.2) is 0 Å². The molecular weight excluding hydrogens is 206 g/mol. The van der Waals surface area contributed by atoms with Gasteiger partial charge in [-0.15, -0.1) is 0 Å². The highest BCUT2D eigenvalue weighted by Crippen LogP contribution is 2.39. The van der Waals surface area contributed by atoms with Crippen molar-refractivity contribution in [2.24, 2.45) is 5.41 Å². The molecule has 1 aliphatic rings. The van der Waals surface area contributed by atoms with Crippen molar-refractivity contribution in [3.8, 4) is 0 Å². The Balaban J connectivity index is 1.85. The minimum Gasteiger partial charge on any atom is -0.478 e. The van der Waals surface area contributed by atoms with Gasteiger partial charge in [0, 0.05) is 6.54 Å². The Morgan fingerprint density at radius 2 is 2.38 bits per heavy atom. The fourth-order valence-corrected chi connectivity index (χ4v) is 2.10. The van der Waals surface area contributed by atoms with Gasteiger partial charge in [0.2, 0.25) is 0 Å². The van der Waals surface area contributed by atoms with E-state index in [4.69, 9.17) is 9.52 Å². The van der Waals surface area contributed by atoms with Crippen LogP contribution in [0, 0.1) is 5.41 Å². The second kappa shape index (κ2) is 4.29. The maximum absolute atomic E-state index is 10.8. The first-order chi connectivity index (χ1) is 7.61. The number of carboxylic acids is 1. The molecule has 4 nitrogen and oxygen atoms in total. The smallest absolute Gasteiger partial charge is 0.339 e. The van der Waals surface area contributed by atoms with Gasteiger partial charge in [-0.2, -0.15) is 0 Å². The first kappa shape index (κ1) is 11.2. The highest BCUT2D eigenvalue weighted by atomic mass is 16.4. The molecule has 0 amide bonds. The Hall–Kier alpha value is -1.29. The molecule has 2 N–H and O–H groups in total. The van der Waals surface area contributed by atoms with Crippen LogP contribution in [-0.4, -0.2) is 17.6 Å². The van der Waals surface area contributed by atoms with Crippen molar-refractivity contribution in [1.82, 2.24) is 5.32 Å². The summed E-state index contributed by atoms with van der Waals surface area (Å²) in [6.45, 7) is 3.67. The van der Waals surface area contributed by atoms with Gasteiger partial charge in [0.25, 0.3) is 0 Å². The van der Waals surface area contributed by atoms with E-state index in [2.05, 4.69) is 12.2 Å². The summed E-state index contributed by atoms with van der Waals surface area (Å²) in [5.41, 5.74) is 0.655. The van der Waals surface area contributed by atoms with Gasteiger partial charge in [-0.3, -0.25) is 0 Å². The number of hydrogen-bond acceptors (Lipinski definition) is 3. The van der Waals surface area contributed by atoms with Gasteiger partial charge < -0.3 is 14.8 Å². The van der Waals surface area contributed by atoms with Gasteiger partial charge >= 0.3 is 5.97 Å². The number of nitrogens with one attached hydrogen (secondary N) is 1. The molecule has 0 spiro atoms. The van der Waals surface area contributed by atoms with Crippen LogP contribution >= 0.6 is 0 Å². The zero-order valence-electron chi connectivity index (χ0n) is 9.45. The van der Waals surface area contributed by atoms with Crippen LogP contribution in [0.1, 0.15) is 42.3 Å². The summed E-state index contributed by atoms with van der Waals surface area (Å²) < 4.78 is 5.15. The zero-order chi connectivity index (χ0) is 11.6. The molecule has 1 aliphatic carbocycles. The van der Waals surface area contributed by atoms with E-state index in [1.165, 1.54) is 31.6 Å². The fraction of sp³-hybridized carbons (Fsp3) is 0.583. The Bertz CT molecular complexity index is 379. The predicted octanol–water partition coefficient (Wildman–Crippen LogP) is 2.26. The predicted molar refractivity (Wildman–Crippen MR) is 59.3 cm³/mol. The lowest BCUT2D eigenvalue weighted by atomic mass is 9.70. The number of rotatable bonds is 5. The zero-order valence-corrected chi connectivity index (χ0v) is 9.45. The van der Waals surface area contributed by atoms with Gasteiger partial charge in [-0.05, 0) is 24.3 Å². The molecule has 0 aliphatic heterocycles. The molecule has 1 aromatic rings. The van der Waals surface area contributed by atoms with E-state index in [1.807, 2.05) is 0 Å². The summed E-state index contributed by atoms with van der Waals surface area (Å²) in [7, 11) is 0. The minimum atomic E-state index is -0.930. The molecule has 4 heteroatoms. The monoisotopic (exact) mass is 223 g/mol. The summed E-state index contributed by atoms with van der Waals surface area (Å²) in [5.74, 6) is -0.421. The maximum Gasteiger partial charge on any atom is 0.339 e. The highest BCUT2D eigenvalue weighted by Gasteiger charge is 2.31. The molecule has 16 heavy (non-hydrogen) atoms. The molecule has 0 atom stereocenters. The number of aromatic carboxylic acids is 1. The molecule has 0 aromatic carbocycles. The third-order valence-corrected chi connectivity index (χ3v) is 3.37. The summed E-state index contributed by atoms with van der Waals surface area (Å²) in [6, 6.07) is 1.49. The minimum absolute atomic E-state index is 0.256.